The van der Waals surface area contributed by atoms with E-state index < -0.39 is 0 Å². The lowest BCUT2D eigenvalue weighted by Crippen LogP contribution is -2.42. The first-order valence-corrected chi connectivity index (χ1v) is 7.03. The minimum atomic E-state index is 0. The number of hydrogen-bond acceptors (Lipinski definition) is 4. The second-order valence-corrected chi connectivity index (χ2v) is 5.45. The van der Waals surface area contributed by atoms with E-state index in [0.29, 0.717) is 18.9 Å². The van der Waals surface area contributed by atoms with E-state index in [4.69, 9.17) is 5.73 Å². The summed E-state index contributed by atoms with van der Waals surface area (Å²) < 4.78 is 0. The summed E-state index contributed by atoms with van der Waals surface area (Å²) in [6.07, 6.45) is 3.69. The standard InChI is InChI=1S/C12H19N3OS.2ClH/c1-2-12-14-9(7-17-12)5-11(16)15-10(6-13)8-3-4-8;;/h7-8,10H,2-6,13H2,1H3,(H,15,16);2*1H. The van der Waals surface area contributed by atoms with Crippen molar-refractivity contribution in [3.05, 3.63) is 16.1 Å². The van der Waals surface area contributed by atoms with Crippen LogP contribution in [0.2, 0.25) is 0 Å². The van der Waals surface area contributed by atoms with Crippen molar-refractivity contribution >= 4 is 42.1 Å². The molecular formula is C12H21Cl2N3OS. The van der Waals surface area contributed by atoms with Crippen LogP contribution in [0.1, 0.15) is 30.5 Å². The van der Waals surface area contributed by atoms with Crippen LogP contribution in [0.4, 0.5) is 0 Å². The fraction of sp³-hybridized carbons (Fsp3) is 0.667. The molecule has 1 atom stereocenters. The smallest absolute Gasteiger partial charge is 0.226 e. The zero-order valence-corrected chi connectivity index (χ0v) is 13.4. The average Bonchev–Trinajstić information content (AvgIpc) is 3.07. The third-order valence-electron chi connectivity index (χ3n) is 3.03. The summed E-state index contributed by atoms with van der Waals surface area (Å²) in [6, 6.07) is 0.159. The summed E-state index contributed by atoms with van der Waals surface area (Å²) >= 11 is 1.62. The molecule has 1 amide bonds. The lowest BCUT2D eigenvalue weighted by molar-refractivity contribution is -0.121. The van der Waals surface area contributed by atoms with Gasteiger partial charge in [0.25, 0.3) is 0 Å². The molecule has 1 aliphatic rings. The molecule has 1 aromatic heterocycles. The molecular weight excluding hydrogens is 305 g/mol. The van der Waals surface area contributed by atoms with Gasteiger partial charge in [-0.25, -0.2) is 4.98 Å². The number of amides is 1. The van der Waals surface area contributed by atoms with E-state index in [1.165, 1.54) is 12.8 Å². The van der Waals surface area contributed by atoms with Crippen molar-refractivity contribution < 1.29 is 4.79 Å². The van der Waals surface area contributed by atoms with Crippen molar-refractivity contribution in [1.82, 2.24) is 10.3 Å². The molecule has 1 fully saturated rings. The first-order valence-electron chi connectivity index (χ1n) is 6.15. The summed E-state index contributed by atoms with van der Waals surface area (Å²) in [5.74, 6) is 0.644. The number of halogens is 2. The molecule has 1 unspecified atom stereocenters. The van der Waals surface area contributed by atoms with Gasteiger partial charge in [0.05, 0.1) is 17.1 Å². The Kier molecular flexibility index (Phi) is 8.57. The highest BCUT2D eigenvalue weighted by molar-refractivity contribution is 7.09. The van der Waals surface area contributed by atoms with Crippen molar-refractivity contribution in [2.45, 2.75) is 38.6 Å². The molecule has 2 rings (SSSR count). The number of nitrogens with two attached hydrogens (primary N) is 1. The fourth-order valence-corrected chi connectivity index (χ4v) is 2.63. The summed E-state index contributed by atoms with van der Waals surface area (Å²) in [6.45, 7) is 2.61. The van der Waals surface area contributed by atoms with Crippen LogP contribution in [0.15, 0.2) is 5.38 Å². The molecule has 1 heterocycles. The maximum absolute atomic E-state index is 11.8. The van der Waals surface area contributed by atoms with Crippen LogP contribution in [0.3, 0.4) is 0 Å². The van der Waals surface area contributed by atoms with Gasteiger partial charge in [-0.15, -0.1) is 36.2 Å². The fourth-order valence-electron chi connectivity index (χ4n) is 1.88. The third-order valence-corrected chi connectivity index (χ3v) is 4.08. The molecule has 110 valence electrons. The molecule has 1 aromatic rings. The van der Waals surface area contributed by atoms with Gasteiger partial charge in [0.15, 0.2) is 0 Å². The van der Waals surface area contributed by atoms with Crippen LogP contribution >= 0.6 is 36.2 Å². The van der Waals surface area contributed by atoms with E-state index in [-0.39, 0.29) is 36.8 Å². The number of rotatable bonds is 6. The first kappa shape index (κ1) is 18.6. The molecule has 19 heavy (non-hydrogen) atoms. The van der Waals surface area contributed by atoms with Crippen LogP contribution in [-0.4, -0.2) is 23.5 Å². The van der Waals surface area contributed by atoms with E-state index in [1.54, 1.807) is 11.3 Å². The van der Waals surface area contributed by atoms with Gasteiger partial charge in [0, 0.05) is 18.0 Å². The number of nitrogens with zero attached hydrogens (tertiary/aromatic N) is 1. The Bertz CT molecular complexity index is 396. The Morgan fingerprint density at radius 1 is 1.58 bits per heavy atom. The Hall–Kier alpha value is -0.360. The maximum atomic E-state index is 11.8. The van der Waals surface area contributed by atoms with Gasteiger partial charge < -0.3 is 11.1 Å². The predicted octanol–water partition coefficient (Wildman–Crippen LogP) is 1.95. The Morgan fingerprint density at radius 3 is 2.74 bits per heavy atom. The van der Waals surface area contributed by atoms with Gasteiger partial charge in [0.1, 0.15) is 0 Å². The number of nitrogens with one attached hydrogen (secondary N) is 1. The number of thiazole rings is 1. The summed E-state index contributed by atoms with van der Waals surface area (Å²) in [5.41, 5.74) is 6.52. The van der Waals surface area contributed by atoms with Crippen molar-refractivity contribution in [1.29, 1.82) is 0 Å². The molecule has 1 saturated carbocycles. The van der Waals surface area contributed by atoms with Crippen molar-refractivity contribution in [2.24, 2.45) is 11.7 Å². The highest BCUT2D eigenvalue weighted by Gasteiger charge is 2.31. The monoisotopic (exact) mass is 325 g/mol. The van der Waals surface area contributed by atoms with Gasteiger partial charge >= 0.3 is 0 Å². The van der Waals surface area contributed by atoms with Gasteiger partial charge in [-0.3, -0.25) is 4.79 Å². The van der Waals surface area contributed by atoms with E-state index in [1.807, 2.05) is 5.38 Å². The summed E-state index contributed by atoms with van der Waals surface area (Å²) in [5, 5.41) is 6.06. The molecule has 4 nitrogen and oxygen atoms in total. The van der Waals surface area contributed by atoms with Gasteiger partial charge in [-0.05, 0) is 25.2 Å². The van der Waals surface area contributed by atoms with E-state index in [0.717, 1.165) is 17.1 Å². The molecule has 0 bridgehead atoms. The molecule has 7 heteroatoms. The number of carbonyl (C=O) groups excluding carboxylic acids is 1. The van der Waals surface area contributed by atoms with Gasteiger partial charge in [0.2, 0.25) is 5.91 Å². The van der Waals surface area contributed by atoms with Crippen molar-refractivity contribution in [3.8, 4) is 0 Å². The van der Waals surface area contributed by atoms with Gasteiger partial charge in [-0.2, -0.15) is 0 Å². The lowest BCUT2D eigenvalue weighted by Gasteiger charge is -2.15. The van der Waals surface area contributed by atoms with Crippen molar-refractivity contribution in [3.63, 3.8) is 0 Å². The van der Waals surface area contributed by atoms with Crippen LogP contribution in [0.25, 0.3) is 0 Å². The zero-order chi connectivity index (χ0) is 12.3. The minimum Gasteiger partial charge on any atom is -0.351 e. The average molecular weight is 326 g/mol. The largest absolute Gasteiger partial charge is 0.351 e. The first-order chi connectivity index (χ1) is 8.22. The van der Waals surface area contributed by atoms with Crippen LogP contribution in [-0.2, 0) is 17.6 Å². The Balaban J connectivity index is 0.00000162. The maximum Gasteiger partial charge on any atom is 0.226 e. The number of aryl methyl sites for hydroxylation is 1. The molecule has 0 saturated heterocycles. The predicted molar refractivity (Wildman–Crippen MR) is 83.4 cm³/mol. The van der Waals surface area contributed by atoms with Crippen molar-refractivity contribution in [2.75, 3.05) is 6.54 Å². The minimum absolute atomic E-state index is 0. The second-order valence-electron chi connectivity index (χ2n) is 4.51. The van der Waals surface area contributed by atoms with Crippen LogP contribution in [0.5, 0.6) is 0 Å². The topological polar surface area (TPSA) is 68.0 Å². The normalized spacial score (nSPS) is 15.1. The molecule has 1 aliphatic carbocycles. The molecule has 0 aliphatic heterocycles. The zero-order valence-electron chi connectivity index (χ0n) is 10.9. The molecule has 0 radical (unpaired) electrons. The Labute approximate surface area is 130 Å². The number of carbonyl (C=O) groups is 1. The van der Waals surface area contributed by atoms with E-state index in [9.17, 15) is 4.79 Å². The Morgan fingerprint density at radius 2 is 2.26 bits per heavy atom. The lowest BCUT2D eigenvalue weighted by atomic mass is 10.2. The third kappa shape index (κ3) is 5.65. The highest BCUT2D eigenvalue weighted by Crippen LogP contribution is 2.32. The number of hydrogen-bond donors (Lipinski definition) is 2. The molecule has 0 aromatic carbocycles. The second kappa shape index (κ2) is 8.74. The molecule has 0 spiro atoms. The van der Waals surface area contributed by atoms with E-state index >= 15 is 0 Å². The SMILES string of the molecule is CCc1nc(CC(=O)NC(CN)C2CC2)cs1.Cl.Cl. The van der Waals surface area contributed by atoms with Crippen LogP contribution in [0, 0.1) is 5.92 Å². The molecule has 3 N–H and O–H groups in total. The van der Waals surface area contributed by atoms with E-state index in [2.05, 4.69) is 17.2 Å². The van der Waals surface area contributed by atoms with Gasteiger partial charge in [-0.1, -0.05) is 6.92 Å². The highest BCUT2D eigenvalue weighted by atomic mass is 35.5. The summed E-state index contributed by atoms with van der Waals surface area (Å²) in [7, 11) is 0. The number of aromatic nitrogens is 1. The summed E-state index contributed by atoms with van der Waals surface area (Å²) in [4.78, 5) is 16.2. The van der Waals surface area contributed by atoms with Crippen LogP contribution < -0.4 is 11.1 Å². The quantitative estimate of drug-likeness (QED) is 0.839.